The smallest absolute Gasteiger partial charge is 0.227 e. The van der Waals surface area contributed by atoms with E-state index in [9.17, 15) is 0 Å². The number of nitrogens with zero attached hydrogens (tertiary/aromatic N) is 3. The van der Waals surface area contributed by atoms with Gasteiger partial charge in [0.25, 0.3) is 0 Å². The molecule has 11 aromatic rings. The summed E-state index contributed by atoms with van der Waals surface area (Å²) < 4.78 is 8.89. The third-order valence-corrected chi connectivity index (χ3v) is 11.0. The molecule has 9 aromatic carbocycles. The highest BCUT2D eigenvalue weighted by molar-refractivity contribution is 6.12. The van der Waals surface area contributed by atoms with Crippen molar-refractivity contribution in [3.05, 3.63) is 212 Å². The highest BCUT2D eigenvalue weighted by Crippen LogP contribution is 2.43. The van der Waals surface area contributed by atoms with Crippen molar-refractivity contribution in [2.45, 2.75) is 0 Å². The average Bonchev–Trinajstić information content (AvgIpc) is 3.88. The SMILES string of the molecule is c1ccc(-c2nc3ccc4cccc(-c5ccc(N(c6ccc(-n7c8ccccc8c8ccccc87)cc6)c6ccccc6-c6ccccc6)cc5)c4c3o2)cc1. The van der Waals surface area contributed by atoms with Crippen molar-refractivity contribution < 1.29 is 4.42 Å². The molecule has 268 valence electrons. The maximum atomic E-state index is 6.53. The van der Waals surface area contributed by atoms with Crippen LogP contribution in [0.5, 0.6) is 0 Å². The molecule has 4 nitrogen and oxygen atoms in total. The van der Waals surface area contributed by atoms with E-state index in [0.717, 1.165) is 66.9 Å². The first-order valence-corrected chi connectivity index (χ1v) is 19.3. The Morgan fingerprint density at radius 2 is 0.982 bits per heavy atom. The molecule has 0 fully saturated rings. The Kier molecular flexibility index (Phi) is 7.78. The van der Waals surface area contributed by atoms with Crippen LogP contribution in [0.2, 0.25) is 0 Å². The highest BCUT2D eigenvalue weighted by atomic mass is 16.3. The van der Waals surface area contributed by atoms with E-state index in [2.05, 4.69) is 191 Å². The lowest BCUT2D eigenvalue weighted by atomic mass is 9.97. The third-order valence-electron chi connectivity index (χ3n) is 11.0. The Labute approximate surface area is 330 Å². The van der Waals surface area contributed by atoms with Crippen molar-refractivity contribution in [2.75, 3.05) is 4.90 Å². The van der Waals surface area contributed by atoms with Crippen LogP contribution in [0.1, 0.15) is 0 Å². The number of anilines is 3. The molecule has 0 N–H and O–H groups in total. The molecule has 0 saturated carbocycles. The number of hydrogen-bond donors (Lipinski definition) is 0. The standard InChI is InChI=1S/C53H35N3O/c1-3-14-36(15-4-1)43-19-7-10-23-48(43)55(41-31-33-42(34-32-41)56-49-24-11-8-20-45(49)46-21-9-12-25-50(46)56)40-29-26-37(27-30-40)44-22-13-18-38-28-35-47-52(51(38)44)57-53(54-47)39-16-5-2-6-17-39/h1-35H. The van der Waals surface area contributed by atoms with Crippen molar-refractivity contribution in [3.63, 3.8) is 0 Å². The predicted molar refractivity (Wildman–Crippen MR) is 237 cm³/mol. The van der Waals surface area contributed by atoms with Gasteiger partial charge in [0.1, 0.15) is 5.52 Å². The van der Waals surface area contributed by atoms with E-state index in [1.165, 1.54) is 27.4 Å². The van der Waals surface area contributed by atoms with Gasteiger partial charge in [0, 0.05) is 44.3 Å². The van der Waals surface area contributed by atoms with Gasteiger partial charge in [-0.05, 0) is 94.9 Å². The Balaban J connectivity index is 1.04. The van der Waals surface area contributed by atoms with Crippen molar-refractivity contribution in [3.8, 4) is 39.4 Å². The van der Waals surface area contributed by atoms with Crippen LogP contribution < -0.4 is 4.90 Å². The summed E-state index contributed by atoms with van der Waals surface area (Å²) in [6.07, 6.45) is 0. The second kappa shape index (κ2) is 13.6. The second-order valence-corrected chi connectivity index (χ2v) is 14.4. The van der Waals surface area contributed by atoms with Gasteiger partial charge >= 0.3 is 0 Å². The first-order valence-electron chi connectivity index (χ1n) is 19.3. The summed E-state index contributed by atoms with van der Waals surface area (Å²) >= 11 is 0. The van der Waals surface area contributed by atoms with E-state index in [-0.39, 0.29) is 0 Å². The number of rotatable bonds is 7. The normalized spacial score (nSPS) is 11.5. The predicted octanol–water partition coefficient (Wildman–Crippen LogP) is 14.5. The Morgan fingerprint density at radius 3 is 1.68 bits per heavy atom. The van der Waals surface area contributed by atoms with Crippen LogP contribution in [-0.4, -0.2) is 9.55 Å². The number of oxazole rings is 1. The van der Waals surface area contributed by atoms with Gasteiger partial charge in [0.2, 0.25) is 5.89 Å². The largest absolute Gasteiger partial charge is 0.435 e. The minimum atomic E-state index is 0.625. The number of fused-ring (bicyclic) bond motifs is 6. The Bertz CT molecular complexity index is 3160. The van der Waals surface area contributed by atoms with Crippen LogP contribution in [0.15, 0.2) is 217 Å². The van der Waals surface area contributed by atoms with Gasteiger partial charge in [-0.3, -0.25) is 0 Å². The maximum Gasteiger partial charge on any atom is 0.227 e. The molecular weight excluding hydrogens is 695 g/mol. The average molecular weight is 730 g/mol. The fourth-order valence-corrected chi connectivity index (χ4v) is 8.40. The summed E-state index contributed by atoms with van der Waals surface area (Å²) in [7, 11) is 0. The molecule has 0 aliphatic heterocycles. The summed E-state index contributed by atoms with van der Waals surface area (Å²) in [6.45, 7) is 0. The van der Waals surface area contributed by atoms with Gasteiger partial charge < -0.3 is 13.9 Å². The first kappa shape index (κ1) is 32.7. The monoisotopic (exact) mass is 729 g/mol. The molecule has 11 rings (SSSR count). The van der Waals surface area contributed by atoms with E-state index >= 15 is 0 Å². The van der Waals surface area contributed by atoms with Crippen molar-refractivity contribution in [1.82, 2.24) is 9.55 Å². The van der Waals surface area contributed by atoms with Crippen LogP contribution >= 0.6 is 0 Å². The molecule has 0 aliphatic rings. The fourth-order valence-electron chi connectivity index (χ4n) is 8.40. The van der Waals surface area contributed by atoms with E-state index < -0.39 is 0 Å². The van der Waals surface area contributed by atoms with Gasteiger partial charge in [0.15, 0.2) is 5.58 Å². The molecule has 2 aromatic heterocycles. The van der Waals surface area contributed by atoms with E-state index in [1.54, 1.807) is 0 Å². The lowest BCUT2D eigenvalue weighted by Gasteiger charge is -2.28. The quantitative estimate of drug-likeness (QED) is 0.164. The van der Waals surface area contributed by atoms with Crippen molar-refractivity contribution >= 4 is 60.7 Å². The van der Waals surface area contributed by atoms with E-state index in [0.29, 0.717) is 5.89 Å². The molecule has 0 unspecified atom stereocenters. The van der Waals surface area contributed by atoms with Gasteiger partial charge in [-0.2, -0.15) is 0 Å². The summed E-state index contributed by atoms with van der Waals surface area (Å²) in [5.74, 6) is 0.625. The topological polar surface area (TPSA) is 34.2 Å². The van der Waals surface area contributed by atoms with Gasteiger partial charge in [-0.15, -0.1) is 0 Å². The van der Waals surface area contributed by atoms with E-state index in [1.807, 2.05) is 30.3 Å². The zero-order valence-corrected chi connectivity index (χ0v) is 31.0. The zero-order chi connectivity index (χ0) is 37.7. The van der Waals surface area contributed by atoms with Crippen LogP contribution in [0, 0.1) is 0 Å². The number of hydrogen-bond acceptors (Lipinski definition) is 3. The number of benzene rings is 9. The molecule has 0 radical (unpaired) electrons. The van der Waals surface area contributed by atoms with Crippen LogP contribution in [-0.2, 0) is 0 Å². The van der Waals surface area contributed by atoms with E-state index in [4.69, 9.17) is 9.40 Å². The second-order valence-electron chi connectivity index (χ2n) is 14.4. The van der Waals surface area contributed by atoms with Gasteiger partial charge in [0.05, 0.1) is 16.7 Å². The zero-order valence-electron chi connectivity index (χ0n) is 31.0. The summed E-state index contributed by atoms with van der Waals surface area (Å²) in [6, 6.07) is 75.2. The van der Waals surface area contributed by atoms with Crippen LogP contribution in [0.4, 0.5) is 17.1 Å². The van der Waals surface area contributed by atoms with Crippen molar-refractivity contribution in [2.24, 2.45) is 0 Å². The van der Waals surface area contributed by atoms with Crippen LogP contribution in [0.25, 0.3) is 83.1 Å². The molecule has 4 heteroatoms. The van der Waals surface area contributed by atoms with Gasteiger partial charge in [-0.25, -0.2) is 4.98 Å². The summed E-state index contributed by atoms with van der Waals surface area (Å²) in [5, 5.41) is 4.68. The minimum Gasteiger partial charge on any atom is -0.435 e. The van der Waals surface area contributed by atoms with Gasteiger partial charge in [-0.1, -0.05) is 140 Å². The van der Waals surface area contributed by atoms with Crippen molar-refractivity contribution in [1.29, 1.82) is 0 Å². The maximum absolute atomic E-state index is 6.53. The molecule has 2 heterocycles. The molecule has 0 aliphatic carbocycles. The summed E-state index contributed by atoms with van der Waals surface area (Å²) in [5.41, 5.74) is 13.9. The highest BCUT2D eigenvalue weighted by Gasteiger charge is 2.20. The number of para-hydroxylation sites is 3. The lowest BCUT2D eigenvalue weighted by Crippen LogP contribution is -2.11. The molecule has 0 saturated heterocycles. The molecule has 0 spiro atoms. The Morgan fingerprint density at radius 1 is 0.421 bits per heavy atom. The minimum absolute atomic E-state index is 0.625. The first-order chi connectivity index (χ1) is 28.3. The molecule has 0 atom stereocenters. The molecule has 57 heavy (non-hydrogen) atoms. The third kappa shape index (κ3) is 5.58. The lowest BCUT2D eigenvalue weighted by molar-refractivity contribution is 0.623. The summed E-state index contributed by atoms with van der Waals surface area (Å²) in [4.78, 5) is 7.25. The number of aromatic nitrogens is 2. The molecule has 0 amide bonds. The molecular formula is C53H35N3O. The molecule has 0 bridgehead atoms. The van der Waals surface area contributed by atoms with Crippen LogP contribution in [0.3, 0.4) is 0 Å². The Hall–Kier alpha value is -7.69. The fraction of sp³-hybridized carbons (Fsp3) is 0.